The fourth-order valence-corrected chi connectivity index (χ4v) is 1.40. The number of rotatable bonds is 9. The number of hydrogen-bond acceptors (Lipinski definition) is 2. The lowest BCUT2D eigenvalue weighted by atomic mass is 10.2. The molecule has 1 atom stereocenters. The topological polar surface area (TPSA) is 23.5 Å². The third-order valence-corrected chi connectivity index (χ3v) is 2.37. The van der Waals surface area contributed by atoms with Crippen LogP contribution in [0, 0.1) is 0 Å². The Labute approximate surface area is 88.6 Å². The van der Waals surface area contributed by atoms with Crippen molar-refractivity contribution in [3.63, 3.8) is 0 Å². The van der Waals surface area contributed by atoms with Gasteiger partial charge in [-0.3, -0.25) is 0 Å². The van der Waals surface area contributed by atoms with E-state index in [1.165, 1.54) is 25.7 Å². The summed E-state index contributed by atoms with van der Waals surface area (Å²) in [4.78, 5) is 2.33. The molecule has 0 aromatic rings. The molecule has 0 rings (SSSR count). The summed E-state index contributed by atoms with van der Waals surface area (Å²) in [6, 6.07) is 0. The van der Waals surface area contributed by atoms with Gasteiger partial charge in [0.1, 0.15) is 0 Å². The second kappa shape index (κ2) is 9.22. The van der Waals surface area contributed by atoms with Crippen molar-refractivity contribution in [3.8, 4) is 0 Å². The molecule has 0 fully saturated rings. The van der Waals surface area contributed by atoms with Crippen molar-refractivity contribution < 1.29 is 5.11 Å². The van der Waals surface area contributed by atoms with E-state index < -0.39 is 0 Å². The van der Waals surface area contributed by atoms with Crippen LogP contribution in [0.5, 0.6) is 0 Å². The Balaban J connectivity index is 3.76. The highest BCUT2D eigenvalue weighted by Gasteiger charge is 2.07. The first-order valence-electron chi connectivity index (χ1n) is 5.77. The van der Waals surface area contributed by atoms with Gasteiger partial charge < -0.3 is 10.0 Å². The number of nitrogens with zero attached hydrogens (tertiary/aromatic N) is 1. The quantitative estimate of drug-likeness (QED) is 0.577. The van der Waals surface area contributed by atoms with Crippen molar-refractivity contribution in [2.75, 3.05) is 19.6 Å². The molecule has 0 spiro atoms. The monoisotopic (exact) mass is 199 g/mol. The second-order valence-electron chi connectivity index (χ2n) is 3.81. The molecule has 0 radical (unpaired) electrons. The highest BCUT2D eigenvalue weighted by Crippen LogP contribution is 2.01. The highest BCUT2D eigenvalue weighted by molar-refractivity contribution is 4.80. The van der Waals surface area contributed by atoms with Crippen LogP contribution in [0.25, 0.3) is 0 Å². The fourth-order valence-electron chi connectivity index (χ4n) is 1.40. The first-order chi connectivity index (χ1) is 6.74. The molecule has 0 saturated heterocycles. The zero-order valence-electron chi connectivity index (χ0n) is 9.71. The number of hydrogen-bond donors (Lipinski definition) is 1. The standard InChI is InChI=1S/C12H25NO/c1-4-7-9-13(10-8-5-2)11-12(14)6-3/h6,12,14H,3-5,7-11H2,1-2H3/t12-/m1/s1. The SMILES string of the molecule is C=C[C@@H](O)CN(CCCC)CCCC. The summed E-state index contributed by atoms with van der Waals surface area (Å²) in [5.74, 6) is 0. The van der Waals surface area contributed by atoms with Crippen LogP contribution >= 0.6 is 0 Å². The minimum absolute atomic E-state index is 0.372. The molecule has 0 aromatic carbocycles. The van der Waals surface area contributed by atoms with Gasteiger partial charge in [0.05, 0.1) is 6.10 Å². The van der Waals surface area contributed by atoms with Gasteiger partial charge in [-0.25, -0.2) is 0 Å². The average molecular weight is 199 g/mol. The maximum atomic E-state index is 9.47. The van der Waals surface area contributed by atoms with Crippen molar-refractivity contribution in [3.05, 3.63) is 12.7 Å². The van der Waals surface area contributed by atoms with Gasteiger partial charge in [-0.1, -0.05) is 32.8 Å². The summed E-state index contributed by atoms with van der Waals surface area (Å²) < 4.78 is 0. The molecule has 14 heavy (non-hydrogen) atoms. The van der Waals surface area contributed by atoms with Crippen molar-refractivity contribution in [1.82, 2.24) is 4.90 Å². The molecule has 0 amide bonds. The van der Waals surface area contributed by atoms with E-state index in [2.05, 4.69) is 25.3 Å². The van der Waals surface area contributed by atoms with Crippen molar-refractivity contribution in [2.24, 2.45) is 0 Å². The summed E-state index contributed by atoms with van der Waals surface area (Å²) in [6.07, 6.45) is 6.11. The molecule has 0 aliphatic rings. The molecule has 0 aromatic heterocycles. The van der Waals surface area contributed by atoms with Crippen molar-refractivity contribution in [1.29, 1.82) is 0 Å². The first-order valence-corrected chi connectivity index (χ1v) is 5.77. The molecule has 0 aliphatic carbocycles. The van der Waals surface area contributed by atoms with Gasteiger partial charge in [0.2, 0.25) is 0 Å². The fraction of sp³-hybridized carbons (Fsp3) is 0.833. The maximum Gasteiger partial charge on any atom is 0.0845 e. The van der Waals surface area contributed by atoms with E-state index in [4.69, 9.17) is 0 Å². The predicted molar refractivity (Wildman–Crippen MR) is 62.5 cm³/mol. The first kappa shape index (κ1) is 13.7. The van der Waals surface area contributed by atoms with Crippen LogP contribution in [0.1, 0.15) is 39.5 Å². The van der Waals surface area contributed by atoms with Gasteiger partial charge in [-0.15, -0.1) is 6.58 Å². The van der Waals surface area contributed by atoms with E-state index in [1.54, 1.807) is 6.08 Å². The Kier molecular flexibility index (Phi) is 9.00. The van der Waals surface area contributed by atoms with E-state index >= 15 is 0 Å². The van der Waals surface area contributed by atoms with Crippen LogP contribution in [-0.4, -0.2) is 35.7 Å². The van der Waals surface area contributed by atoms with Crippen molar-refractivity contribution in [2.45, 2.75) is 45.6 Å². The molecule has 0 bridgehead atoms. The molecule has 2 heteroatoms. The van der Waals surface area contributed by atoms with Gasteiger partial charge in [0.15, 0.2) is 0 Å². The zero-order chi connectivity index (χ0) is 10.8. The Morgan fingerprint density at radius 3 is 2.07 bits per heavy atom. The average Bonchev–Trinajstić information content (AvgIpc) is 2.21. The molecule has 2 nitrogen and oxygen atoms in total. The highest BCUT2D eigenvalue weighted by atomic mass is 16.3. The van der Waals surface area contributed by atoms with Crippen LogP contribution in [0.4, 0.5) is 0 Å². The largest absolute Gasteiger partial charge is 0.388 e. The molecular formula is C12H25NO. The molecule has 0 saturated carbocycles. The van der Waals surface area contributed by atoms with E-state index in [0.717, 1.165) is 19.6 Å². The molecule has 1 N–H and O–H groups in total. The smallest absolute Gasteiger partial charge is 0.0845 e. The molecule has 0 heterocycles. The third-order valence-electron chi connectivity index (χ3n) is 2.37. The Hall–Kier alpha value is -0.340. The minimum atomic E-state index is -0.372. The van der Waals surface area contributed by atoms with E-state index in [-0.39, 0.29) is 6.10 Å². The number of aliphatic hydroxyl groups is 1. The van der Waals surface area contributed by atoms with Gasteiger partial charge >= 0.3 is 0 Å². The van der Waals surface area contributed by atoms with E-state index in [1.807, 2.05) is 0 Å². The molecule has 0 aliphatic heterocycles. The Bertz CT molecular complexity index is 128. The van der Waals surface area contributed by atoms with Gasteiger partial charge in [0, 0.05) is 6.54 Å². The van der Waals surface area contributed by atoms with Crippen LogP contribution < -0.4 is 0 Å². The van der Waals surface area contributed by atoms with Gasteiger partial charge in [0.25, 0.3) is 0 Å². The zero-order valence-corrected chi connectivity index (χ0v) is 9.71. The third kappa shape index (κ3) is 7.10. The van der Waals surface area contributed by atoms with Gasteiger partial charge in [-0.05, 0) is 25.9 Å². The maximum absolute atomic E-state index is 9.47. The lowest BCUT2D eigenvalue weighted by molar-refractivity contribution is 0.144. The van der Waals surface area contributed by atoms with Crippen molar-refractivity contribution >= 4 is 0 Å². The second-order valence-corrected chi connectivity index (χ2v) is 3.81. The van der Waals surface area contributed by atoms with Crippen LogP contribution in [0.15, 0.2) is 12.7 Å². The summed E-state index contributed by atoms with van der Waals surface area (Å²) in [7, 11) is 0. The van der Waals surface area contributed by atoms with Crippen LogP contribution in [0.3, 0.4) is 0 Å². The van der Waals surface area contributed by atoms with Crippen LogP contribution in [0.2, 0.25) is 0 Å². The normalized spacial score (nSPS) is 13.1. The summed E-state index contributed by atoms with van der Waals surface area (Å²) in [5.41, 5.74) is 0. The molecule has 84 valence electrons. The summed E-state index contributed by atoms with van der Waals surface area (Å²) >= 11 is 0. The predicted octanol–water partition coefficient (Wildman–Crippen LogP) is 2.44. The summed E-state index contributed by atoms with van der Waals surface area (Å²) in [5, 5.41) is 9.47. The molecular weight excluding hydrogens is 174 g/mol. The van der Waals surface area contributed by atoms with E-state index in [9.17, 15) is 5.11 Å². The lowest BCUT2D eigenvalue weighted by Crippen LogP contribution is -2.33. The van der Waals surface area contributed by atoms with Crippen LogP contribution in [-0.2, 0) is 0 Å². The molecule has 0 unspecified atom stereocenters. The number of aliphatic hydroxyl groups excluding tert-OH is 1. The minimum Gasteiger partial charge on any atom is -0.388 e. The number of unbranched alkanes of at least 4 members (excludes halogenated alkanes) is 2. The Morgan fingerprint density at radius 1 is 1.21 bits per heavy atom. The van der Waals surface area contributed by atoms with Gasteiger partial charge in [-0.2, -0.15) is 0 Å². The Morgan fingerprint density at radius 2 is 1.71 bits per heavy atom. The lowest BCUT2D eigenvalue weighted by Gasteiger charge is -2.23. The summed E-state index contributed by atoms with van der Waals surface area (Å²) in [6.45, 7) is 10.9. The van der Waals surface area contributed by atoms with E-state index in [0.29, 0.717) is 0 Å².